The summed E-state index contributed by atoms with van der Waals surface area (Å²) in [7, 11) is 1.78. The monoisotopic (exact) mass is 311 g/mol. The van der Waals surface area contributed by atoms with Gasteiger partial charge in [-0.1, -0.05) is 23.8 Å². The summed E-state index contributed by atoms with van der Waals surface area (Å²) in [5, 5.41) is 7.85. The van der Waals surface area contributed by atoms with Crippen molar-refractivity contribution in [3.05, 3.63) is 51.4 Å². The van der Waals surface area contributed by atoms with E-state index in [1.807, 2.05) is 0 Å². The normalized spacial score (nSPS) is 12.5. The van der Waals surface area contributed by atoms with E-state index in [-0.39, 0.29) is 11.6 Å². The maximum absolute atomic E-state index is 12.1. The zero-order valence-electron chi connectivity index (χ0n) is 13.8. The van der Waals surface area contributed by atoms with Crippen LogP contribution in [-0.4, -0.2) is 25.8 Å². The lowest BCUT2D eigenvalue weighted by Crippen LogP contribution is -2.22. The van der Waals surface area contributed by atoms with Gasteiger partial charge in [-0.15, -0.1) is 0 Å². The minimum absolute atomic E-state index is 0.144. The molecule has 6 nitrogen and oxygen atoms in total. The number of aromatic nitrogens is 4. The molecule has 23 heavy (non-hydrogen) atoms. The average molecular weight is 311 g/mol. The first kappa shape index (κ1) is 15.3. The van der Waals surface area contributed by atoms with E-state index < -0.39 is 0 Å². The van der Waals surface area contributed by atoms with Gasteiger partial charge in [-0.3, -0.25) is 14.5 Å². The number of aromatic amines is 1. The van der Waals surface area contributed by atoms with Crippen LogP contribution in [0.15, 0.2) is 29.2 Å². The van der Waals surface area contributed by atoms with E-state index in [9.17, 15) is 4.79 Å². The average Bonchev–Trinajstić information content (AvgIpc) is 2.84. The highest BCUT2D eigenvalue weighted by atomic mass is 16.1. The van der Waals surface area contributed by atoms with E-state index in [1.54, 1.807) is 11.7 Å². The molecule has 0 spiro atoms. The van der Waals surface area contributed by atoms with Gasteiger partial charge in [0.2, 0.25) is 5.95 Å². The van der Waals surface area contributed by atoms with E-state index in [2.05, 4.69) is 59.4 Å². The summed E-state index contributed by atoms with van der Waals surface area (Å²) in [6, 6.07) is 6.61. The van der Waals surface area contributed by atoms with Crippen LogP contribution in [-0.2, 0) is 13.5 Å². The summed E-state index contributed by atoms with van der Waals surface area (Å²) in [5.74, 6) is 0.475. The molecule has 0 saturated carbocycles. The fraction of sp³-hybridized carbons (Fsp3) is 0.353. The Balaban J connectivity index is 1.81. The molecular weight excluding hydrogens is 290 g/mol. The Hall–Kier alpha value is -2.63. The number of rotatable bonds is 4. The van der Waals surface area contributed by atoms with Gasteiger partial charge in [-0.25, -0.2) is 0 Å². The molecule has 1 aromatic carbocycles. The van der Waals surface area contributed by atoms with Gasteiger partial charge in [0.25, 0.3) is 5.56 Å². The number of hydrogen-bond acceptors (Lipinski definition) is 4. The molecule has 0 aliphatic heterocycles. The second-order valence-corrected chi connectivity index (χ2v) is 6.10. The van der Waals surface area contributed by atoms with Gasteiger partial charge in [0.1, 0.15) is 5.39 Å². The fourth-order valence-electron chi connectivity index (χ4n) is 2.79. The van der Waals surface area contributed by atoms with E-state index in [0.717, 1.165) is 6.42 Å². The van der Waals surface area contributed by atoms with Crippen molar-refractivity contribution in [1.29, 1.82) is 0 Å². The van der Waals surface area contributed by atoms with Gasteiger partial charge in [-0.2, -0.15) is 10.1 Å². The lowest BCUT2D eigenvalue weighted by atomic mass is 10.00. The fourth-order valence-corrected chi connectivity index (χ4v) is 2.79. The van der Waals surface area contributed by atoms with Crippen LogP contribution in [0.4, 0.5) is 5.95 Å². The highest BCUT2D eigenvalue weighted by Gasteiger charge is 2.11. The van der Waals surface area contributed by atoms with E-state index in [1.165, 1.54) is 22.9 Å². The van der Waals surface area contributed by atoms with Crippen molar-refractivity contribution in [3.8, 4) is 0 Å². The third-order valence-electron chi connectivity index (χ3n) is 4.01. The van der Waals surface area contributed by atoms with E-state index >= 15 is 0 Å². The Kier molecular flexibility index (Phi) is 3.90. The topological polar surface area (TPSA) is 75.6 Å². The second kappa shape index (κ2) is 5.87. The summed E-state index contributed by atoms with van der Waals surface area (Å²) in [5.41, 5.74) is 4.24. The summed E-state index contributed by atoms with van der Waals surface area (Å²) in [6.07, 6.45) is 2.39. The number of benzene rings is 1. The molecule has 0 amide bonds. The van der Waals surface area contributed by atoms with Gasteiger partial charge < -0.3 is 5.32 Å². The van der Waals surface area contributed by atoms with Gasteiger partial charge in [0.05, 0.1) is 6.20 Å². The van der Waals surface area contributed by atoms with Crippen LogP contribution >= 0.6 is 0 Å². The van der Waals surface area contributed by atoms with Crippen molar-refractivity contribution < 1.29 is 0 Å². The van der Waals surface area contributed by atoms with Crippen LogP contribution in [0.2, 0.25) is 0 Å². The van der Waals surface area contributed by atoms with Crippen molar-refractivity contribution in [2.75, 3.05) is 5.32 Å². The Morgan fingerprint density at radius 3 is 2.87 bits per heavy atom. The summed E-state index contributed by atoms with van der Waals surface area (Å²) < 4.78 is 1.60. The van der Waals surface area contributed by atoms with Crippen molar-refractivity contribution >= 4 is 17.0 Å². The molecule has 0 aliphatic carbocycles. The number of fused-ring (bicyclic) bond motifs is 1. The number of hydrogen-bond donors (Lipinski definition) is 2. The molecule has 2 aromatic heterocycles. The number of anilines is 1. The third kappa shape index (κ3) is 3.11. The van der Waals surface area contributed by atoms with Crippen LogP contribution in [0.3, 0.4) is 0 Å². The molecular formula is C17H21N5O. The summed E-state index contributed by atoms with van der Waals surface area (Å²) in [6.45, 7) is 6.29. The first-order chi connectivity index (χ1) is 10.9. The number of nitrogens with zero attached hydrogens (tertiary/aromatic N) is 3. The number of nitrogens with one attached hydrogen (secondary N) is 2. The standard InChI is InChI=1S/C17H21N5O/c1-10-5-6-13(11(2)7-10)8-12(3)19-17-20-15-14(16(23)21-17)9-18-22(15)4/h5-7,9,12H,8H2,1-4H3,(H2,19,20,21,23). The smallest absolute Gasteiger partial charge is 0.263 e. The molecule has 1 unspecified atom stereocenters. The lowest BCUT2D eigenvalue weighted by Gasteiger charge is -2.16. The molecule has 3 rings (SSSR count). The van der Waals surface area contributed by atoms with E-state index in [4.69, 9.17) is 0 Å². The molecule has 1 atom stereocenters. The zero-order valence-corrected chi connectivity index (χ0v) is 13.8. The quantitative estimate of drug-likeness (QED) is 0.775. The minimum Gasteiger partial charge on any atom is -0.353 e. The Morgan fingerprint density at radius 2 is 2.13 bits per heavy atom. The van der Waals surface area contributed by atoms with Crippen molar-refractivity contribution in [2.45, 2.75) is 33.2 Å². The van der Waals surface area contributed by atoms with Gasteiger partial charge in [-0.05, 0) is 38.3 Å². The van der Waals surface area contributed by atoms with Crippen molar-refractivity contribution in [2.24, 2.45) is 7.05 Å². The first-order valence-electron chi connectivity index (χ1n) is 7.68. The maximum atomic E-state index is 12.1. The van der Waals surface area contributed by atoms with Crippen LogP contribution in [0.1, 0.15) is 23.6 Å². The highest BCUT2D eigenvalue weighted by molar-refractivity contribution is 5.74. The largest absolute Gasteiger partial charge is 0.353 e. The predicted molar refractivity (Wildman–Crippen MR) is 91.8 cm³/mol. The summed E-state index contributed by atoms with van der Waals surface area (Å²) in [4.78, 5) is 19.3. The second-order valence-electron chi connectivity index (χ2n) is 6.10. The van der Waals surface area contributed by atoms with Gasteiger partial charge in [0, 0.05) is 13.1 Å². The molecule has 2 heterocycles. The molecule has 120 valence electrons. The van der Waals surface area contributed by atoms with Crippen LogP contribution in [0.5, 0.6) is 0 Å². The predicted octanol–water partition coefficient (Wildman–Crippen LogP) is 2.32. The van der Waals surface area contributed by atoms with Gasteiger partial charge in [0.15, 0.2) is 5.65 Å². The lowest BCUT2D eigenvalue weighted by molar-refractivity contribution is 0.764. The van der Waals surface area contributed by atoms with Crippen LogP contribution < -0.4 is 10.9 Å². The van der Waals surface area contributed by atoms with Crippen LogP contribution in [0.25, 0.3) is 11.0 Å². The molecule has 0 radical (unpaired) electrons. The SMILES string of the molecule is Cc1ccc(CC(C)Nc2nc3c(cnn3C)c(=O)[nH]2)c(C)c1. The highest BCUT2D eigenvalue weighted by Crippen LogP contribution is 2.14. The molecule has 6 heteroatoms. The molecule has 0 aliphatic rings. The molecule has 3 aromatic rings. The molecule has 2 N–H and O–H groups in total. The Morgan fingerprint density at radius 1 is 1.35 bits per heavy atom. The minimum atomic E-state index is -0.177. The molecule has 0 fully saturated rings. The van der Waals surface area contributed by atoms with Crippen molar-refractivity contribution in [1.82, 2.24) is 19.7 Å². The number of aryl methyl sites for hydroxylation is 3. The zero-order chi connectivity index (χ0) is 16.6. The Labute approximate surface area is 134 Å². The Bertz CT molecular complexity index is 909. The number of H-pyrrole nitrogens is 1. The first-order valence-corrected chi connectivity index (χ1v) is 7.68. The van der Waals surface area contributed by atoms with Crippen LogP contribution in [0, 0.1) is 13.8 Å². The third-order valence-corrected chi connectivity index (χ3v) is 4.01. The summed E-state index contributed by atoms with van der Waals surface area (Å²) >= 11 is 0. The maximum Gasteiger partial charge on any atom is 0.263 e. The van der Waals surface area contributed by atoms with Crippen molar-refractivity contribution in [3.63, 3.8) is 0 Å². The van der Waals surface area contributed by atoms with Gasteiger partial charge >= 0.3 is 0 Å². The molecule has 0 saturated heterocycles. The van der Waals surface area contributed by atoms with E-state index in [0.29, 0.717) is 17.0 Å². The molecule has 0 bridgehead atoms.